The molecule has 58 valence electrons. The monoisotopic (exact) mass is 253 g/mol. The number of hydrogen-bond acceptors (Lipinski definition) is 2. The molecule has 0 amide bonds. The highest BCUT2D eigenvalue weighted by atomic mass is 127. The van der Waals surface area contributed by atoms with Gasteiger partial charge in [0.2, 0.25) is 0 Å². The van der Waals surface area contributed by atoms with Crippen LogP contribution in [0.2, 0.25) is 0 Å². The predicted octanol–water partition coefficient (Wildman–Crippen LogP) is 0.730. The predicted molar refractivity (Wildman–Crippen MR) is 44.8 cm³/mol. The van der Waals surface area contributed by atoms with Gasteiger partial charge in [-0.2, -0.15) is 0 Å². The second-order valence-corrected chi connectivity index (χ2v) is 4.53. The fraction of sp³-hybridized carbons (Fsp3) is 0.857. The summed E-state index contributed by atoms with van der Waals surface area (Å²) in [6.45, 7) is 0. The molecule has 3 heteroatoms. The lowest BCUT2D eigenvalue weighted by Gasteiger charge is -2.25. The first-order valence-corrected chi connectivity index (χ1v) is 4.79. The molecule has 0 radical (unpaired) electrons. The minimum absolute atomic E-state index is 0.161. The van der Waals surface area contributed by atoms with E-state index in [9.17, 15) is 9.90 Å². The molecule has 0 heterocycles. The molecule has 0 spiro atoms. The SMILES string of the molecule is O=C([O-])C1CCC(I)CC1. The maximum Gasteiger partial charge on any atom is 0.0445 e. The largest absolute Gasteiger partial charge is 0.550 e. The summed E-state index contributed by atoms with van der Waals surface area (Å²) >= 11 is 2.38. The minimum Gasteiger partial charge on any atom is -0.550 e. The van der Waals surface area contributed by atoms with Gasteiger partial charge in [-0.25, -0.2) is 0 Å². The molecule has 0 bridgehead atoms. The van der Waals surface area contributed by atoms with Gasteiger partial charge in [0.15, 0.2) is 0 Å². The van der Waals surface area contributed by atoms with E-state index >= 15 is 0 Å². The van der Waals surface area contributed by atoms with Crippen molar-refractivity contribution in [2.75, 3.05) is 0 Å². The molecule has 0 saturated heterocycles. The van der Waals surface area contributed by atoms with E-state index in [0.29, 0.717) is 3.92 Å². The summed E-state index contributed by atoms with van der Waals surface area (Å²) in [7, 11) is 0. The van der Waals surface area contributed by atoms with E-state index in [1.165, 1.54) is 0 Å². The van der Waals surface area contributed by atoms with E-state index in [2.05, 4.69) is 22.6 Å². The summed E-state index contributed by atoms with van der Waals surface area (Å²) in [5.74, 6) is -1.02. The highest BCUT2D eigenvalue weighted by molar-refractivity contribution is 14.1. The molecule has 10 heavy (non-hydrogen) atoms. The van der Waals surface area contributed by atoms with Crippen molar-refractivity contribution in [3.8, 4) is 0 Å². The molecule has 1 aliphatic carbocycles. The van der Waals surface area contributed by atoms with Crippen molar-refractivity contribution in [1.29, 1.82) is 0 Å². The maximum absolute atomic E-state index is 10.3. The Morgan fingerprint density at radius 3 is 2.20 bits per heavy atom. The van der Waals surface area contributed by atoms with Gasteiger partial charge < -0.3 is 9.90 Å². The first-order chi connectivity index (χ1) is 4.70. The molecule has 0 aromatic carbocycles. The smallest absolute Gasteiger partial charge is 0.0445 e. The van der Waals surface area contributed by atoms with Crippen molar-refractivity contribution in [2.45, 2.75) is 29.6 Å². The lowest BCUT2D eigenvalue weighted by Crippen LogP contribution is -2.33. The fourth-order valence-electron chi connectivity index (χ4n) is 1.29. The molecular weight excluding hydrogens is 243 g/mol. The molecule has 0 N–H and O–H groups in total. The van der Waals surface area contributed by atoms with Crippen molar-refractivity contribution in [3.05, 3.63) is 0 Å². The normalized spacial score (nSPS) is 33.7. The van der Waals surface area contributed by atoms with E-state index < -0.39 is 5.97 Å². The Kier molecular flexibility index (Phi) is 2.95. The highest BCUT2D eigenvalue weighted by Crippen LogP contribution is 2.28. The molecule has 0 aromatic rings. The second-order valence-electron chi connectivity index (χ2n) is 2.77. The van der Waals surface area contributed by atoms with E-state index in [-0.39, 0.29) is 5.92 Å². The number of halogens is 1. The zero-order valence-electron chi connectivity index (χ0n) is 5.68. The van der Waals surface area contributed by atoms with Crippen LogP contribution in [0.4, 0.5) is 0 Å². The topological polar surface area (TPSA) is 40.1 Å². The van der Waals surface area contributed by atoms with Gasteiger partial charge in [0.25, 0.3) is 0 Å². The van der Waals surface area contributed by atoms with Crippen LogP contribution in [0, 0.1) is 5.92 Å². The molecule has 0 aliphatic heterocycles. The second kappa shape index (κ2) is 3.55. The van der Waals surface area contributed by atoms with Crippen molar-refractivity contribution in [2.24, 2.45) is 5.92 Å². The summed E-state index contributed by atoms with van der Waals surface area (Å²) in [6.07, 6.45) is 3.71. The number of carbonyl (C=O) groups excluding carboxylic acids is 1. The van der Waals surface area contributed by atoms with E-state index in [0.717, 1.165) is 25.7 Å². The van der Waals surface area contributed by atoms with Gasteiger partial charge in [0.05, 0.1) is 0 Å². The number of carboxylic acid groups (broad SMARTS) is 1. The summed E-state index contributed by atoms with van der Waals surface area (Å²) in [4.78, 5) is 10.3. The van der Waals surface area contributed by atoms with Crippen LogP contribution in [0.25, 0.3) is 0 Å². The van der Waals surface area contributed by atoms with Gasteiger partial charge in [0.1, 0.15) is 0 Å². The van der Waals surface area contributed by atoms with Gasteiger partial charge in [-0.1, -0.05) is 22.6 Å². The summed E-state index contributed by atoms with van der Waals surface area (Å²) < 4.78 is 0.688. The standard InChI is InChI=1S/C7H11IO2/c8-6-3-1-5(2-4-6)7(9)10/h5-6H,1-4H2,(H,9,10)/p-1. The zero-order valence-corrected chi connectivity index (χ0v) is 7.84. The maximum atomic E-state index is 10.3. The molecule has 0 unspecified atom stereocenters. The summed E-state index contributed by atoms with van der Waals surface area (Å²) in [5.41, 5.74) is 0. The van der Waals surface area contributed by atoms with Gasteiger partial charge in [0, 0.05) is 9.89 Å². The highest BCUT2D eigenvalue weighted by Gasteiger charge is 2.19. The average molecular weight is 253 g/mol. The summed E-state index contributed by atoms with van der Waals surface area (Å²) in [6, 6.07) is 0. The Labute approximate surface area is 74.1 Å². The van der Waals surface area contributed by atoms with Gasteiger partial charge in [-0.05, 0) is 31.6 Å². The molecule has 1 fully saturated rings. The molecule has 0 aromatic heterocycles. The fourth-order valence-corrected chi connectivity index (χ4v) is 2.01. The first-order valence-electron chi connectivity index (χ1n) is 3.55. The van der Waals surface area contributed by atoms with Crippen LogP contribution in [0.5, 0.6) is 0 Å². The van der Waals surface area contributed by atoms with Crippen LogP contribution < -0.4 is 5.11 Å². The lowest BCUT2D eigenvalue weighted by atomic mass is 9.89. The molecule has 2 nitrogen and oxygen atoms in total. The number of carbonyl (C=O) groups is 1. The van der Waals surface area contributed by atoms with Gasteiger partial charge >= 0.3 is 0 Å². The van der Waals surface area contributed by atoms with Gasteiger partial charge in [-0.3, -0.25) is 0 Å². The van der Waals surface area contributed by atoms with Crippen molar-refractivity contribution >= 4 is 28.6 Å². The van der Waals surface area contributed by atoms with Crippen LogP contribution in [0.15, 0.2) is 0 Å². The van der Waals surface area contributed by atoms with Crippen LogP contribution in [-0.4, -0.2) is 9.89 Å². The molecule has 1 saturated carbocycles. The van der Waals surface area contributed by atoms with Crippen LogP contribution in [0.1, 0.15) is 25.7 Å². The number of hydrogen-bond donors (Lipinski definition) is 0. The van der Waals surface area contributed by atoms with E-state index in [1.54, 1.807) is 0 Å². The molecule has 1 rings (SSSR count). The van der Waals surface area contributed by atoms with Crippen LogP contribution >= 0.6 is 22.6 Å². The van der Waals surface area contributed by atoms with Crippen LogP contribution in [-0.2, 0) is 4.79 Å². The third kappa shape index (κ3) is 2.11. The van der Waals surface area contributed by atoms with Crippen molar-refractivity contribution in [1.82, 2.24) is 0 Å². The van der Waals surface area contributed by atoms with Crippen LogP contribution in [0.3, 0.4) is 0 Å². The van der Waals surface area contributed by atoms with Crippen molar-refractivity contribution < 1.29 is 9.90 Å². The zero-order chi connectivity index (χ0) is 7.56. The third-order valence-electron chi connectivity index (χ3n) is 1.99. The Bertz CT molecular complexity index is 128. The average Bonchev–Trinajstić information content (AvgIpc) is 1.88. The quantitative estimate of drug-likeness (QED) is 0.510. The number of carboxylic acids is 1. The number of aliphatic carboxylic acids is 1. The number of alkyl halides is 1. The summed E-state index contributed by atoms with van der Waals surface area (Å²) in [5, 5.41) is 10.3. The van der Waals surface area contributed by atoms with E-state index in [4.69, 9.17) is 0 Å². The first kappa shape index (κ1) is 8.30. The van der Waals surface area contributed by atoms with Crippen molar-refractivity contribution in [3.63, 3.8) is 0 Å². The minimum atomic E-state index is -0.858. The Hall–Kier alpha value is 0.200. The lowest BCUT2D eigenvalue weighted by molar-refractivity contribution is -0.312. The Morgan fingerprint density at radius 1 is 1.30 bits per heavy atom. The number of rotatable bonds is 1. The molecular formula is C7H10IO2-. The molecule has 0 atom stereocenters. The Morgan fingerprint density at radius 2 is 1.80 bits per heavy atom. The Balaban J connectivity index is 2.33. The third-order valence-corrected chi connectivity index (χ3v) is 3.24. The van der Waals surface area contributed by atoms with Gasteiger partial charge in [-0.15, -0.1) is 0 Å². The molecule has 1 aliphatic rings. The van der Waals surface area contributed by atoms with E-state index in [1.807, 2.05) is 0 Å².